The average Bonchev–Trinajstić information content (AvgIpc) is 2.24. The summed E-state index contributed by atoms with van der Waals surface area (Å²) in [7, 11) is 1.59. The van der Waals surface area contributed by atoms with Crippen LogP contribution in [-0.2, 0) is 16.2 Å². The Morgan fingerprint density at radius 2 is 2.20 bits per heavy atom. The van der Waals surface area contributed by atoms with Crippen LogP contribution in [0.5, 0.6) is 5.75 Å². The van der Waals surface area contributed by atoms with Crippen LogP contribution in [0.1, 0.15) is 5.56 Å². The summed E-state index contributed by atoms with van der Waals surface area (Å²) in [6.45, 7) is 0.312. The molecule has 1 aromatic carbocycles. The van der Waals surface area contributed by atoms with Crippen molar-refractivity contribution in [1.82, 2.24) is 5.48 Å². The number of primary amides is 1. The number of hydrogen-bond acceptors (Lipinski definition) is 4. The lowest BCUT2D eigenvalue weighted by atomic mass is 10.2. The molecule has 3 N–H and O–H groups in total. The number of benzene rings is 1. The van der Waals surface area contributed by atoms with Crippen LogP contribution in [0.3, 0.4) is 0 Å². The summed E-state index contributed by atoms with van der Waals surface area (Å²) in [5, 5.41) is 0. The normalized spacial score (nSPS) is 9.93. The number of nitrogens with two attached hydrogens (primary N) is 1. The molecule has 1 aromatic rings. The molecular formula is C10H14N2O3. The van der Waals surface area contributed by atoms with E-state index < -0.39 is 5.91 Å². The fourth-order valence-corrected chi connectivity index (χ4v) is 1.07. The highest BCUT2D eigenvalue weighted by Gasteiger charge is 2.01. The predicted octanol–water partition coefficient (Wildman–Crippen LogP) is 0.202. The van der Waals surface area contributed by atoms with Crippen LogP contribution in [0.4, 0.5) is 0 Å². The molecular weight excluding hydrogens is 196 g/mol. The van der Waals surface area contributed by atoms with E-state index >= 15 is 0 Å². The third-order valence-electron chi connectivity index (χ3n) is 1.77. The van der Waals surface area contributed by atoms with Crippen molar-refractivity contribution in [2.75, 3.05) is 13.7 Å². The van der Waals surface area contributed by atoms with E-state index in [0.717, 1.165) is 11.3 Å². The number of amides is 1. The van der Waals surface area contributed by atoms with E-state index in [0.29, 0.717) is 6.61 Å². The number of carbonyl (C=O) groups is 1. The summed E-state index contributed by atoms with van der Waals surface area (Å²) in [6.07, 6.45) is 0. The van der Waals surface area contributed by atoms with Crippen LogP contribution in [-0.4, -0.2) is 19.6 Å². The molecule has 0 saturated carbocycles. The number of carbonyl (C=O) groups excluding carboxylic acids is 1. The Labute approximate surface area is 88.1 Å². The first kappa shape index (κ1) is 11.5. The molecule has 0 saturated heterocycles. The molecule has 0 bridgehead atoms. The van der Waals surface area contributed by atoms with Gasteiger partial charge >= 0.3 is 0 Å². The van der Waals surface area contributed by atoms with Gasteiger partial charge in [-0.05, 0) is 6.07 Å². The second kappa shape index (κ2) is 6.00. The third kappa shape index (κ3) is 3.97. The molecule has 0 heterocycles. The summed E-state index contributed by atoms with van der Waals surface area (Å²) in [5.74, 6) is 0.286. The van der Waals surface area contributed by atoms with Gasteiger partial charge in [-0.2, -0.15) is 5.48 Å². The minimum Gasteiger partial charge on any atom is -0.496 e. The number of hydroxylamine groups is 1. The maximum atomic E-state index is 10.4. The fourth-order valence-electron chi connectivity index (χ4n) is 1.07. The molecule has 0 aliphatic heterocycles. The predicted molar refractivity (Wildman–Crippen MR) is 55.0 cm³/mol. The Morgan fingerprint density at radius 3 is 2.87 bits per heavy atom. The molecule has 0 unspecified atom stereocenters. The molecule has 0 aliphatic carbocycles. The van der Waals surface area contributed by atoms with Crippen LogP contribution in [0.25, 0.3) is 0 Å². The topological polar surface area (TPSA) is 73.6 Å². The third-order valence-corrected chi connectivity index (χ3v) is 1.77. The minimum atomic E-state index is -0.463. The summed E-state index contributed by atoms with van der Waals surface area (Å²) in [4.78, 5) is 15.4. The summed E-state index contributed by atoms with van der Waals surface area (Å²) in [6, 6.07) is 7.48. The van der Waals surface area contributed by atoms with E-state index in [1.54, 1.807) is 7.11 Å². The maximum absolute atomic E-state index is 10.4. The van der Waals surface area contributed by atoms with Crippen LogP contribution < -0.4 is 16.0 Å². The lowest BCUT2D eigenvalue weighted by Gasteiger charge is -2.08. The first-order chi connectivity index (χ1) is 7.24. The number of para-hydroxylation sites is 1. The van der Waals surface area contributed by atoms with E-state index in [4.69, 9.17) is 15.3 Å². The molecule has 0 aliphatic rings. The lowest BCUT2D eigenvalue weighted by Crippen LogP contribution is -2.28. The summed E-state index contributed by atoms with van der Waals surface area (Å²) >= 11 is 0. The van der Waals surface area contributed by atoms with Crippen molar-refractivity contribution in [2.24, 2.45) is 5.73 Å². The molecule has 0 fully saturated rings. The van der Waals surface area contributed by atoms with E-state index in [1.807, 2.05) is 24.3 Å². The molecule has 0 aromatic heterocycles. The monoisotopic (exact) mass is 210 g/mol. The van der Waals surface area contributed by atoms with Gasteiger partial charge in [-0.3, -0.25) is 9.63 Å². The molecule has 5 nitrogen and oxygen atoms in total. The maximum Gasteiger partial charge on any atom is 0.233 e. The van der Waals surface area contributed by atoms with Gasteiger partial charge in [0.2, 0.25) is 5.91 Å². The van der Waals surface area contributed by atoms with Gasteiger partial charge in [0.15, 0.2) is 0 Å². The van der Waals surface area contributed by atoms with Crippen molar-refractivity contribution in [3.8, 4) is 5.75 Å². The van der Waals surface area contributed by atoms with Gasteiger partial charge in [-0.1, -0.05) is 18.2 Å². The molecule has 1 rings (SSSR count). The second-order valence-corrected chi connectivity index (χ2v) is 2.89. The Balaban J connectivity index is 2.39. The van der Waals surface area contributed by atoms with E-state index in [-0.39, 0.29) is 6.54 Å². The lowest BCUT2D eigenvalue weighted by molar-refractivity contribution is -0.120. The van der Waals surface area contributed by atoms with Gasteiger partial charge in [0, 0.05) is 5.56 Å². The van der Waals surface area contributed by atoms with E-state index in [1.165, 1.54) is 0 Å². The molecule has 82 valence electrons. The number of nitrogens with one attached hydrogen (secondary N) is 1. The summed E-state index contributed by atoms with van der Waals surface area (Å²) in [5.41, 5.74) is 8.28. The Bertz CT molecular complexity index is 328. The van der Waals surface area contributed by atoms with E-state index in [2.05, 4.69) is 5.48 Å². The highest BCUT2D eigenvalue weighted by Crippen LogP contribution is 2.17. The molecule has 5 heteroatoms. The SMILES string of the molecule is COc1ccccc1CONCC(N)=O. The van der Waals surface area contributed by atoms with Gasteiger partial charge in [0.05, 0.1) is 20.3 Å². The quantitative estimate of drug-likeness (QED) is 0.519. The number of ether oxygens (including phenoxy) is 1. The highest BCUT2D eigenvalue weighted by atomic mass is 16.6. The average molecular weight is 210 g/mol. The van der Waals surface area contributed by atoms with Crippen LogP contribution >= 0.6 is 0 Å². The van der Waals surface area contributed by atoms with Crippen LogP contribution in [0, 0.1) is 0 Å². The molecule has 0 spiro atoms. The number of methoxy groups -OCH3 is 1. The minimum absolute atomic E-state index is 0.00481. The first-order valence-electron chi connectivity index (χ1n) is 4.49. The van der Waals surface area contributed by atoms with Gasteiger partial charge in [-0.25, -0.2) is 0 Å². The van der Waals surface area contributed by atoms with Gasteiger partial charge in [0.1, 0.15) is 5.75 Å². The molecule has 0 atom stereocenters. The van der Waals surface area contributed by atoms with Gasteiger partial charge in [0.25, 0.3) is 0 Å². The standard InChI is InChI=1S/C10H14N2O3/c1-14-9-5-3-2-4-8(9)7-15-12-6-10(11)13/h2-5,12H,6-7H2,1H3,(H2,11,13). The van der Waals surface area contributed by atoms with Crippen LogP contribution in [0.2, 0.25) is 0 Å². The smallest absolute Gasteiger partial charge is 0.233 e. The zero-order valence-electron chi connectivity index (χ0n) is 8.53. The van der Waals surface area contributed by atoms with Gasteiger partial charge in [-0.15, -0.1) is 0 Å². The van der Waals surface area contributed by atoms with Gasteiger partial charge < -0.3 is 10.5 Å². The van der Waals surface area contributed by atoms with E-state index in [9.17, 15) is 4.79 Å². The zero-order valence-corrected chi connectivity index (χ0v) is 8.53. The number of hydrogen-bond donors (Lipinski definition) is 2. The van der Waals surface area contributed by atoms with Crippen molar-refractivity contribution in [3.63, 3.8) is 0 Å². The Morgan fingerprint density at radius 1 is 1.47 bits per heavy atom. The van der Waals surface area contributed by atoms with Crippen LogP contribution in [0.15, 0.2) is 24.3 Å². The Kier molecular flexibility index (Phi) is 4.59. The molecule has 0 radical (unpaired) electrons. The summed E-state index contributed by atoms with van der Waals surface area (Å²) < 4.78 is 5.12. The molecule has 1 amide bonds. The zero-order chi connectivity index (χ0) is 11.1. The first-order valence-corrected chi connectivity index (χ1v) is 4.49. The second-order valence-electron chi connectivity index (χ2n) is 2.89. The van der Waals surface area contributed by atoms with Crippen molar-refractivity contribution in [1.29, 1.82) is 0 Å². The number of rotatable bonds is 6. The fraction of sp³-hybridized carbons (Fsp3) is 0.300. The van der Waals surface area contributed by atoms with Crippen molar-refractivity contribution in [2.45, 2.75) is 6.61 Å². The molecule has 15 heavy (non-hydrogen) atoms. The highest BCUT2D eigenvalue weighted by molar-refractivity contribution is 5.75. The van der Waals surface area contributed by atoms with Crippen molar-refractivity contribution in [3.05, 3.63) is 29.8 Å². The Hall–Kier alpha value is -1.59. The van der Waals surface area contributed by atoms with Crippen molar-refractivity contribution < 1.29 is 14.4 Å². The largest absolute Gasteiger partial charge is 0.496 e. The van der Waals surface area contributed by atoms with Crippen molar-refractivity contribution >= 4 is 5.91 Å².